The summed E-state index contributed by atoms with van der Waals surface area (Å²) in [5, 5.41) is 13.4. The van der Waals surface area contributed by atoms with Crippen LogP contribution in [0.3, 0.4) is 0 Å². The first-order valence-corrected chi connectivity index (χ1v) is 7.83. The Kier molecular flexibility index (Phi) is 3.89. The number of hydrogen-bond acceptors (Lipinski definition) is 5. The van der Waals surface area contributed by atoms with Gasteiger partial charge in [-0.3, -0.25) is 14.8 Å². The van der Waals surface area contributed by atoms with Gasteiger partial charge in [0, 0.05) is 19.6 Å². The Labute approximate surface area is 139 Å². The van der Waals surface area contributed by atoms with Crippen molar-refractivity contribution in [1.29, 1.82) is 0 Å². The summed E-state index contributed by atoms with van der Waals surface area (Å²) in [5.41, 5.74) is 7.25. The summed E-state index contributed by atoms with van der Waals surface area (Å²) in [6.45, 7) is 5.56. The Bertz CT molecular complexity index is 744. The minimum absolute atomic E-state index is 0.0459. The molecule has 3 N–H and O–H groups in total. The number of rotatable bonds is 2. The second-order valence-electron chi connectivity index (χ2n) is 5.45. The van der Waals surface area contributed by atoms with Gasteiger partial charge in [-0.1, -0.05) is 11.6 Å². The number of nitrogen functional groups attached to an aromatic ring is 1. The predicted molar refractivity (Wildman–Crippen MR) is 90.4 cm³/mol. The summed E-state index contributed by atoms with van der Waals surface area (Å²) in [6, 6.07) is 1.61. The SMILES string of the molecule is CCN=C1C(=Nc2cc(C)c(O)c(Cl)c2N)C(=O)N2CCCN12. The standard InChI is InChI=1S/C15H18ClN5O2/c1-3-18-14-12(15(23)21-6-4-5-20(14)21)19-9-7-8(2)13(22)10(16)11(9)17/h7,22H,3-6,17H2,1-2H3. The molecule has 0 atom stereocenters. The summed E-state index contributed by atoms with van der Waals surface area (Å²) in [4.78, 5) is 21.4. The average molecular weight is 336 g/mol. The van der Waals surface area contributed by atoms with Gasteiger partial charge in [-0.05, 0) is 31.9 Å². The molecule has 23 heavy (non-hydrogen) atoms. The van der Waals surface area contributed by atoms with Crippen LogP contribution in [0.15, 0.2) is 16.1 Å². The van der Waals surface area contributed by atoms with E-state index in [0.717, 1.165) is 13.0 Å². The number of phenols is 1. The first-order chi connectivity index (χ1) is 11.0. The number of halogens is 1. The third kappa shape index (κ3) is 2.41. The summed E-state index contributed by atoms with van der Waals surface area (Å²) < 4.78 is 0. The molecule has 122 valence electrons. The van der Waals surface area contributed by atoms with Crippen LogP contribution in [0.4, 0.5) is 11.4 Å². The Balaban J connectivity index is 2.12. The summed E-state index contributed by atoms with van der Waals surface area (Å²) in [5.74, 6) is 0.310. The molecule has 0 bridgehead atoms. The number of aryl methyl sites for hydroxylation is 1. The maximum Gasteiger partial charge on any atom is 0.294 e. The number of phenolic OH excluding ortho intramolecular Hbond substituents is 1. The molecule has 8 heteroatoms. The maximum absolute atomic E-state index is 12.6. The number of nitrogens with two attached hydrogens (primary N) is 1. The minimum Gasteiger partial charge on any atom is -0.506 e. The lowest BCUT2D eigenvalue weighted by molar-refractivity contribution is -0.129. The monoisotopic (exact) mass is 335 g/mol. The second kappa shape index (κ2) is 5.73. The van der Waals surface area contributed by atoms with Gasteiger partial charge in [0.15, 0.2) is 11.5 Å². The van der Waals surface area contributed by atoms with Gasteiger partial charge in [0.05, 0.1) is 11.4 Å². The molecule has 0 radical (unpaired) electrons. The van der Waals surface area contributed by atoms with Crippen molar-refractivity contribution < 1.29 is 9.90 Å². The zero-order valence-corrected chi connectivity index (χ0v) is 13.8. The number of benzene rings is 1. The molecule has 1 amide bonds. The normalized spacial score (nSPS) is 20.9. The lowest BCUT2D eigenvalue weighted by Gasteiger charge is -2.18. The quantitative estimate of drug-likeness (QED) is 0.807. The summed E-state index contributed by atoms with van der Waals surface area (Å²) in [6.07, 6.45) is 0.911. The van der Waals surface area contributed by atoms with Gasteiger partial charge in [-0.25, -0.2) is 10.0 Å². The molecule has 2 aliphatic rings. The zero-order chi connectivity index (χ0) is 16.7. The summed E-state index contributed by atoms with van der Waals surface area (Å²) >= 11 is 6.02. The van der Waals surface area contributed by atoms with Crippen molar-refractivity contribution >= 4 is 40.4 Å². The fourth-order valence-electron chi connectivity index (χ4n) is 2.76. The molecule has 7 nitrogen and oxygen atoms in total. The number of anilines is 1. The van der Waals surface area contributed by atoms with E-state index in [2.05, 4.69) is 9.98 Å². The molecule has 1 aromatic carbocycles. The molecule has 0 saturated carbocycles. The van der Waals surface area contributed by atoms with E-state index in [0.29, 0.717) is 30.2 Å². The molecule has 2 aliphatic heterocycles. The van der Waals surface area contributed by atoms with Gasteiger partial charge in [-0.15, -0.1) is 0 Å². The van der Waals surface area contributed by atoms with Crippen LogP contribution in [-0.4, -0.2) is 52.2 Å². The number of aromatic hydroxyl groups is 1. The number of hydrogen-bond donors (Lipinski definition) is 2. The van der Waals surface area contributed by atoms with Crippen LogP contribution in [0.5, 0.6) is 5.75 Å². The highest BCUT2D eigenvalue weighted by Gasteiger charge is 2.43. The van der Waals surface area contributed by atoms with Crippen LogP contribution < -0.4 is 5.73 Å². The zero-order valence-electron chi connectivity index (χ0n) is 13.0. The minimum atomic E-state index is -0.184. The number of fused-ring (bicyclic) bond motifs is 1. The van der Waals surface area contributed by atoms with Gasteiger partial charge in [-0.2, -0.15) is 0 Å². The van der Waals surface area contributed by atoms with E-state index in [1.807, 2.05) is 11.9 Å². The van der Waals surface area contributed by atoms with Crippen LogP contribution in [0.2, 0.25) is 5.02 Å². The molecular weight excluding hydrogens is 318 g/mol. The van der Waals surface area contributed by atoms with Gasteiger partial charge in [0.2, 0.25) is 0 Å². The first kappa shape index (κ1) is 15.6. The highest BCUT2D eigenvalue weighted by atomic mass is 35.5. The van der Waals surface area contributed by atoms with Crippen molar-refractivity contribution in [2.24, 2.45) is 9.98 Å². The van der Waals surface area contributed by atoms with Crippen LogP contribution >= 0.6 is 11.6 Å². The molecule has 2 saturated heterocycles. The number of amides is 1. The Hall–Kier alpha value is -2.28. The molecule has 2 heterocycles. The van der Waals surface area contributed by atoms with E-state index >= 15 is 0 Å². The van der Waals surface area contributed by atoms with E-state index in [9.17, 15) is 9.90 Å². The number of carbonyl (C=O) groups is 1. The third-order valence-electron chi connectivity index (χ3n) is 3.91. The van der Waals surface area contributed by atoms with Crippen LogP contribution in [-0.2, 0) is 4.79 Å². The molecule has 0 unspecified atom stereocenters. The lowest BCUT2D eigenvalue weighted by Crippen LogP contribution is -2.34. The first-order valence-electron chi connectivity index (χ1n) is 7.46. The third-order valence-corrected chi connectivity index (χ3v) is 4.29. The van der Waals surface area contributed by atoms with Gasteiger partial charge in [0.1, 0.15) is 10.8 Å². The van der Waals surface area contributed by atoms with Gasteiger partial charge < -0.3 is 10.8 Å². The molecular formula is C15H18ClN5O2. The molecule has 0 aromatic heterocycles. The Morgan fingerprint density at radius 1 is 1.39 bits per heavy atom. The van der Waals surface area contributed by atoms with Crippen molar-refractivity contribution in [2.45, 2.75) is 20.3 Å². The van der Waals surface area contributed by atoms with Crippen LogP contribution in [0, 0.1) is 6.92 Å². The van der Waals surface area contributed by atoms with Crippen molar-refractivity contribution in [2.75, 3.05) is 25.4 Å². The van der Waals surface area contributed by atoms with E-state index in [1.54, 1.807) is 18.0 Å². The predicted octanol–water partition coefficient (Wildman–Crippen LogP) is 1.89. The van der Waals surface area contributed by atoms with Gasteiger partial charge >= 0.3 is 0 Å². The number of amidine groups is 1. The Morgan fingerprint density at radius 2 is 2.09 bits per heavy atom. The lowest BCUT2D eigenvalue weighted by atomic mass is 10.1. The van der Waals surface area contributed by atoms with Crippen molar-refractivity contribution in [1.82, 2.24) is 10.0 Å². The fourth-order valence-corrected chi connectivity index (χ4v) is 3.01. The average Bonchev–Trinajstić information content (AvgIpc) is 3.09. The van der Waals surface area contributed by atoms with E-state index in [4.69, 9.17) is 17.3 Å². The van der Waals surface area contributed by atoms with Gasteiger partial charge in [0.25, 0.3) is 5.91 Å². The van der Waals surface area contributed by atoms with Crippen LogP contribution in [0.1, 0.15) is 18.9 Å². The van der Waals surface area contributed by atoms with Crippen molar-refractivity contribution in [3.8, 4) is 5.75 Å². The number of hydrazine groups is 1. The second-order valence-corrected chi connectivity index (χ2v) is 5.83. The summed E-state index contributed by atoms with van der Waals surface area (Å²) in [7, 11) is 0. The maximum atomic E-state index is 12.6. The number of aliphatic imine (C=N–C) groups is 2. The largest absolute Gasteiger partial charge is 0.506 e. The number of carbonyl (C=O) groups excluding carboxylic acids is 1. The fraction of sp³-hybridized carbons (Fsp3) is 0.400. The molecule has 3 rings (SSSR count). The van der Waals surface area contributed by atoms with E-state index in [1.165, 1.54) is 0 Å². The molecule has 0 aliphatic carbocycles. The smallest absolute Gasteiger partial charge is 0.294 e. The van der Waals surface area contributed by atoms with Crippen LogP contribution in [0.25, 0.3) is 0 Å². The van der Waals surface area contributed by atoms with Crippen molar-refractivity contribution in [3.63, 3.8) is 0 Å². The highest BCUT2D eigenvalue weighted by molar-refractivity contribution is 6.69. The molecule has 2 fully saturated rings. The van der Waals surface area contributed by atoms with Crippen molar-refractivity contribution in [3.05, 3.63) is 16.7 Å². The van der Waals surface area contributed by atoms with E-state index < -0.39 is 0 Å². The van der Waals surface area contributed by atoms with E-state index in [-0.39, 0.29) is 28.1 Å². The Morgan fingerprint density at radius 3 is 2.78 bits per heavy atom. The topological polar surface area (TPSA) is 94.5 Å². The highest BCUT2D eigenvalue weighted by Crippen LogP contribution is 2.40. The molecule has 1 aromatic rings. The number of nitrogens with zero attached hydrogens (tertiary/aromatic N) is 4. The molecule has 0 spiro atoms.